The van der Waals surface area contributed by atoms with E-state index in [1.807, 2.05) is 23.1 Å². The number of benzene rings is 1. The summed E-state index contributed by atoms with van der Waals surface area (Å²) in [5.41, 5.74) is 1.08. The van der Waals surface area contributed by atoms with E-state index in [4.69, 9.17) is 18.4 Å². The summed E-state index contributed by atoms with van der Waals surface area (Å²) in [6.45, 7) is 1.87. The first-order chi connectivity index (χ1) is 14.3. The van der Waals surface area contributed by atoms with Crippen molar-refractivity contribution in [1.29, 1.82) is 0 Å². The Kier molecular flexibility index (Phi) is 4.67. The van der Waals surface area contributed by atoms with Crippen LogP contribution >= 0.6 is 0 Å². The van der Waals surface area contributed by atoms with E-state index < -0.39 is 0 Å². The van der Waals surface area contributed by atoms with Gasteiger partial charge in [0.1, 0.15) is 13.2 Å². The summed E-state index contributed by atoms with van der Waals surface area (Å²) in [6.07, 6.45) is 4.20. The number of aryl methyl sites for hydroxylation is 1. The molecule has 8 nitrogen and oxygen atoms in total. The number of hydrogen-bond donors (Lipinski definition) is 0. The first kappa shape index (κ1) is 17.8. The number of ether oxygens (including phenoxy) is 2. The molecule has 0 radical (unpaired) electrons. The van der Waals surface area contributed by atoms with E-state index >= 15 is 0 Å². The molecule has 0 bridgehead atoms. The molecule has 1 amide bonds. The minimum atomic E-state index is 0.0553. The quantitative estimate of drug-likeness (QED) is 0.654. The minimum Gasteiger partial charge on any atom is -0.486 e. The Morgan fingerprint density at radius 2 is 2.07 bits per heavy atom. The number of hydrogen-bond acceptors (Lipinski definition) is 7. The molecule has 1 atom stereocenters. The summed E-state index contributed by atoms with van der Waals surface area (Å²) in [6, 6.07) is 9.54. The highest BCUT2D eigenvalue weighted by Gasteiger charge is 2.31. The van der Waals surface area contributed by atoms with Gasteiger partial charge in [0.15, 0.2) is 17.3 Å². The lowest BCUT2D eigenvalue weighted by atomic mass is 10.0. The normalized spacial score (nSPS) is 18.2. The highest BCUT2D eigenvalue weighted by molar-refractivity contribution is 5.77. The van der Waals surface area contributed by atoms with Crippen molar-refractivity contribution < 1.29 is 23.2 Å². The van der Waals surface area contributed by atoms with Gasteiger partial charge in [-0.05, 0) is 42.7 Å². The van der Waals surface area contributed by atoms with Crippen LogP contribution in [-0.4, -0.2) is 40.7 Å². The van der Waals surface area contributed by atoms with Crippen LogP contribution in [0.4, 0.5) is 0 Å². The third-order valence-corrected chi connectivity index (χ3v) is 5.29. The summed E-state index contributed by atoms with van der Waals surface area (Å²) in [7, 11) is 0. The first-order valence-electron chi connectivity index (χ1n) is 9.83. The number of carbonyl (C=O) groups is 1. The van der Waals surface area contributed by atoms with Crippen LogP contribution in [0.5, 0.6) is 11.5 Å². The molecule has 3 aromatic rings. The van der Waals surface area contributed by atoms with E-state index in [2.05, 4.69) is 10.1 Å². The molecule has 0 N–H and O–H groups in total. The van der Waals surface area contributed by atoms with Crippen LogP contribution in [0.15, 0.2) is 45.5 Å². The lowest BCUT2D eigenvalue weighted by Crippen LogP contribution is -2.30. The molecule has 0 spiro atoms. The Bertz CT molecular complexity index is 998. The third-order valence-electron chi connectivity index (χ3n) is 5.29. The van der Waals surface area contributed by atoms with Crippen LogP contribution in [0.3, 0.4) is 0 Å². The predicted molar refractivity (Wildman–Crippen MR) is 101 cm³/mol. The van der Waals surface area contributed by atoms with E-state index in [1.165, 1.54) is 0 Å². The van der Waals surface area contributed by atoms with Gasteiger partial charge in [-0.3, -0.25) is 4.79 Å². The second-order valence-corrected chi connectivity index (χ2v) is 7.14. The predicted octanol–water partition coefficient (Wildman–Crippen LogP) is 3.40. The molecular formula is C21H21N3O5. The molecule has 0 aliphatic carbocycles. The van der Waals surface area contributed by atoms with Gasteiger partial charge in [-0.2, -0.15) is 4.98 Å². The van der Waals surface area contributed by atoms with Gasteiger partial charge in [0.2, 0.25) is 17.6 Å². The van der Waals surface area contributed by atoms with Crippen LogP contribution in [0.2, 0.25) is 0 Å². The molecule has 150 valence electrons. The smallest absolute Gasteiger partial charge is 0.238 e. The van der Waals surface area contributed by atoms with Gasteiger partial charge in [0.05, 0.1) is 12.3 Å². The Balaban J connectivity index is 1.25. The number of fused-ring (bicyclic) bond motifs is 1. The Hall–Kier alpha value is -3.29. The van der Waals surface area contributed by atoms with Gasteiger partial charge in [-0.1, -0.05) is 11.2 Å². The van der Waals surface area contributed by atoms with Gasteiger partial charge >= 0.3 is 0 Å². The van der Waals surface area contributed by atoms with Gasteiger partial charge in [-0.15, -0.1) is 0 Å². The second kappa shape index (κ2) is 7.62. The van der Waals surface area contributed by atoms with Crippen molar-refractivity contribution >= 4 is 5.91 Å². The number of furan rings is 1. The van der Waals surface area contributed by atoms with Gasteiger partial charge in [0, 0.05) is 19.4 Å². The number of nitrogens with zero attached hydrogens (tertiary/aromatic N) is 3. The van der Waals surface area contributed by atoms with E-state index in [0.29, 0.717) is 43.5 Å². The molecule has 29 heavy (non-hydrogen) atoms. The number of likely N-dealkylation sites (tertiary alicyclic amines) is 1. The maximum absolute atomic E-state index is 12.9. The van der Waals surface area contributed by atoms with Crippen LogP contribution < -0.4 is 9.47 Å². The molecule has 0 saturated carbocycles. The minimum absolute atomic E-state index is 0.0553. The summed E-state index contributed by atoms with van der Waals surface area (Å²) >= 11 is 0. The van der Waals surface area contributed by atoms with Crippen LogP contribution in [0.25, 0.3) is 11.6 Å². The van der Waals surface area contributed by atoms with E-state index in [0.717, 1.165) is 36.4 Å². The average molecular weight is 395 g/mol. The van der Waals surface area contributed by atoms with E-state index in [-0.39, 0.29) is 11.9 Å². The van der Waals surface area contributed by atoms with Gasteiger partial charge in [0.25, 0.3) is 0 Å². The van der Waals surface area contributed by atoms with Crippen molar-refractivity contribution in [2.45, 2.75) is 31.7 Å². The highest BCUT2D eigenvalue weighted by Crippen LogP contribution is 2.38. The molecule has 1 saturated heterocycles. The molecule has 1 aromatic carbocycles. The maximum Gasteiger partial charge on any atom is 0.238 e. The SMILES string of the molecule is O=C(CCc1nc(-c2ccco2)no1)N1CCCC1c1ccc2c(c1)OCCO2. The lowest BCUT2D eigenvalue weighted by molar-refractivity contribution is -0.132. The van der Waals surface area contributed by atoms with Crippen LogP contribution in [-0.2, 0) is 11.2 Å². The van der Waals surface area contributed by atoms with Crippen molar-refractivity contribution in [2.24, 2.45) is 0 Å². The fraction of sp³-hybridized carbons (Fsp3) is 0.381. The summed E-state index contributed by atoms with van der Waals surface area (Å²) in [5.74, 6) is 2.97. The topological polar surface area (TPSA) is 90.8 Å². The number of amides is 1. The van der Waals surface area contributed by atoms with Crippen molar-refractivity contribution in [3.05, 3.63) is 48.0 Å². The zero-order valence-electron chi connectivity index (χ0n) is 15.9. The number of aromatic nitrogens is 2. The Labute approximate surface area is 167 Å². The molecule has 5 rings (SSSR count). The molecule has 8 heteroatoms. The highest BCUT2D eigenvalue weighted by atomic mass is 16.6. The molecule has 2 aliphatic rings. The fourth-order valence-electron chi connectivity index (χ4n) is 3.90. The van der Waals surface area contributed by atoms with Crippen molar-refractivity contribution in [1.82, 2.24) is 15.0 Å². The Morgan fingerprint density at radius 1 is 1.17 bits per heavy atom. The largest absolute Gasteiger partial charge is 0.486 e. The zero-order chi connectivity index (χ0) is 19.6. The van der Waals surface area contributed by atoms with Crippen LogP contribution in [0, 0.1) is 0 Å². The first-order valence-corrected chi connectivity index (χ1v) is 9.83. The summed E-state index contributed by atoms with van der Waals surface area (Å²) < 4.78 is 21.8. The molecule has 4 heterocycles. The Morgan fingerprint density at radius 3 is 2.93 bits per heavy atom. The monoisotopic (exact) mass is 395 g/mol. The summed E-state index contributed by atoms with van der Waals surface area (Å²) in [5, 5.41) is 3.91. The van der Waals surface area contributed by atoms with Crippen molar-refractivity contribution in [3.8, 4) is 23.1 Å². The van der Waals surface area contributed by atoms with E-state index in [9.17, 15) is 4.79 Å². The second-order valence-electron chi connectivity index (χ2n) is 7.14. The number of carbonyl (C=O) groups excluding carboxylic acids is 1. The van der Waals surface area contributed by atoms with Crippen LogP contribution in [0.1, 0.15) is 36.8 Å². The maximum atomic E-state index is 12.9. The molecule has 1 unspecified atom stereocenters. The lowest BCUT2D eigenvalue weighted by Gasteiger charge is -2.26. The van der Waals surface area contributed by atoms with Crippen molar-refractivity contribution in [2.75, 3.05) is 19.8 Å². The van der Waals surface area contributed by atoms with Gasteiger partial charge in [-0.25, -0.2) is 0 Å². The fourth-order valence-corrected chi connectivity index (χ4v) is 3.90. The van der Waals surface area contributed by atoms with Gasteiger partial charge < -0.3 is 23.3 Å². The molecule has 2 aromatic heterocycles. The molecule has 2 aliphatic heterocycles. The summed E-state index contributed by atoms with van der Waals surface area (Å²) in [4.78, 5) is 19.1. The molecule has 1 fully saturated rings. The standard InChI is InChI=1S/C21H21N3O5/c25-20(8-7-19-22-21(23-29-19)17-4-2-10-26-17)24-9-1-3-15(24)14-5-6-16-18(13-14)28-12-11-27-16/h2,4-6,10,13,15H,1,3,7-9,11-12H2. The van der Waals surface area contributed by atoms with Crippen molar-refractivity contribution in [3.63, 3.8) is 0 Å². The molecular weight excluding hydrogens is 374 g/mol. The number of rotatable bonds is 5. The van der Waals surface area contributed by atoms with E-state index in [1.54, 1.807) is 18.4 Å². The average Bonchev–Trinajstić information content (AvgIpc) is 3.52. The third kappa shape index (κ3) is 3.57. The zero-order valence-corrected chi connectivity index (χ0v) is 15.9.